The van der Waals surface area contributed by atoms with E-state index in [1.165, 1.54) is 0 Å². The van der Waals surface area contributed by atoms with Gasteiger partial charge in [-0.3, -0.25) is 0 Å². The number of allylic oxidation sites excluding steroid dienone is 1. The van der Waals surface area contributed by atoms with E-state index in [4.69, 9.17) is 15.8 Å². The highest BCUT2D eigenvalue weighted by atomic mass is 15.3. The van der Waals surface area contributed by atoms with Gasteiger partial charge in [-0.1, -0.05) is 121 Å². The molecule has 0 unspecified atom stereocenters. The van der Waals surface area contributed by atoms with E-state index in [1.54, 1.807) is 4.68 Å². The number of nitrogens with two attached hydrogens (primary N) is 1. The van der Waals surface area contributed by atoms with E-state index in [1.807, 2.05) is 72.8 Å². The van der Waals surface area contributed by atoms with E-state index in [0.29, 0.717) is 11.7 Å². The van der Waals surface area contributed by atoms with Crippen molar-refractivity contribution in [2.24, 2.45) is 9.98 Å². The lowest BCUT2D eigenvalue weighted by Gasteiger charge is -2.08. The van der Waals surface area contributed by atoms with Crippen LogP contribution in [0.15, 0.2) is 143 Å². The summed E-state index contributed by atoms with van der Waals surface area (Å²) >= 11 is 0. The van der Waals surface area contributed by atoms with Crippen LogP contribution < -0.4 is 5.84 Å². The maximum absolute atomic E-state index is 6.72. The Bertz CT molecular complexity index is 1590. The summed E-state index contributed by atoms with van der Waals surface area (Å²) in [7, 11) is 0. The lowest BCUT2D eigenvalue weighted by Crippen LogP contribution is -2.09. The minimum absolute atomic E-state index is 0.640. The Morgan fingerprint density at radius 2 is 1.08 bits per heavy atom. The summed E-state index contributed by atoms with van der Waals surface area (Å²) in [4.78, 5) is 10.1. The van der Waals surface area contributed by atoms with Crippen molar-refractivity contribution in [2.75, 3.05) is 5.84 Å². The Kier molecular flexibility index (Phi) is 5.60. The Hall–Kier alpha value is -4.96. The van der Waals surface area contributed by atoms with Gasteiger partial charge in [0, 0.05) is 22.3 Å². The maximum Gasteiger partial charge on any atom is 0.162 e. The van der Waals surface area contributed by atoms with Crippen LogP contribution in [0.2, 0.25) is 0 Å². The summed E-state index contributed by atoms with van der Waals surface area (Å²) in [5, 5.41) is 0. The average Bonchev–Trinajstić information content (AvgIpc) is 3.52. The predicted octanol–water partition coefficient (Wildman–Crippen LogP) is 7.15. The molecule has 172 valence electrons. The number of rotatable bonds is 5. The molecule has 0 saturated carbocycles. The van der Waals surface area contributed by atoms with Gasteiger partial charge in [-0.15, -0.1) is 0 Å². The van der Waals surface area contributed by atoms with Crippen molar-refractivity contribution in [1.82, 2.24) is 4.68 Å². The Labute approximate surface area is 210 Å². The fraction of sp³-hybridized carbons (Fsp3) is 0. The molecule has 4 aromatic carbocycles. The molecule has 0 radical (unpaired) electrons. The van der Waals surface area contributed by atoms with Gasteiger partial charge >= 0.3 is 0 Å². The van der Waals surface area contributed by atoms with E-state index in [9.17, 15) is 0 Å². The van der Waals surface area contributed by atoms with Gasteiger partial charge < -0.3 is 5.84 Å². The lowest BCUT2D eigenvalue weighted by atomic mass is 10.0. The lowest BCUT2D eigenvalue weighted by molar-refractivity contribution is 1.02. The first-order chi connectivity index (χ1) is 17.8. The van der Waals surface area contributed by atoms with Crippen LogP contribution in [0.25, 0.3) is 28.0 Å². The molecule has 0 saturated heterocycles. The number of aliphatic imine (C=N–C) groups is 2. The molecule has 1 aliphatic heterocycles. The van der Waals surface area contributed by atoms with E-state index < -0.39 is 0 Å². The minimum atomic E-state index is 0.640. The summed E-state index contributed by atoms with van der Waals surface area (Å²) in [5.41, 5.74) is 7.89. The Morgan fingerprint density at radius 3 is 1.67 bits per heavy atom. The SMILES string of the molecule is Nn1c(-c2ccccc2)cc(-c2ccccc2)c1N=C1N=C(c2ccccc2)C=C1c1ccccc1. The number of nitrogens with zero attached hydrogens (tertiary/aromatic N) is 3. The molecule has 0 spiro atoms. The molecule has 5 aromatic rings. The molecule has 0 amide bonds. The molecular weight excluding hydrogens is 440 g/mol. The van der Waals surface area contributed by atoms with Gasteiger partial charge in [0.25, 0.3) is 0 Å². The normalized spacial score (nSPS) is 14.1. The fourth-order valence-corrected chi connectivity index (χ4v) is 4.47. The van der Waals surface area contributed by atoms with Gasteiger partial charge in [0.05, 0.1) is 11.4 Å². The number of amidine groups is 1. The topological polar surface area (TPSA) is 55.7 Å². The van der Waals surface area contributed by atoms with Crippen molar-refractivity contribution in [1.29, 1.82) is 0 Å². The van der Waals surface area contributed by atoms with Crippen LogP contribution in [0.5, 0.6) is 0 Å². The fourth-order valence-electron chi connectivity index (χ4n) is 4.47. The van der Waals surface area contributed by atoms with Crippen LogP contribution >= 0.6 is 0 Å². The molecule has 2 heterocycles. The molecule has 0 bridgehead atoms. The summed E-state index contributed by atoms with van der Waals surface area (Å²) in [6.07, 6.45) is 2.10. The van der Waals surface area contributed by atoms with Crippen molar-refractivity contribution in [2.45, 2.75) is 0 Å². The summed E-state index contributed by atoms with van der Waals surface area (Å²) in [6.45, 7) is 0. The number of aromatic nitrogens is 1. The molecule has 2 N–H and O–H groups in total. The van der Waals surface area contributed by atoms with Crippen LogP contribution in [-0.4, -0.2) is 16.2 Å². The highest BCUT2D eigenvalue weighted by Gasteiger charge is 2.22. The highest BCUT2D eigenvalue weighted by Crippen LogP contribution is 2.38. The third-order valence-electron chi connectivity index (χ3n) is 6.28. The summed E-state index contributed by atoms with van der Waals surface area (Å²) in [6, 6.07) is 42.9. The molecule has 4 heteroatoms. The molecule has 0 aliphatic carbocycles. The van der Waals surface area contributed by atoms with Gasteiger partial charge in [0.2, 0.25) is 0 Å². The van der Waals surface area contributed by atoms with Crippen LogP contribution in [0, 0.1) is 0 Å². The van der Waals surface area contributed by atoms with Crippen LogP contribution in [-0.2, 0) is 0 Å². The second-order valence-corrected chi connectivity index (χ2v) is 8.59. The van der Waals surface area contributed by atoms with Crippen LogP contribution in [0.1, 0.15) is 11.1 Å². The number of hydrogen-bond acceptors (Lipinski definition) is 2. The van der Waals surface area contributed by atoms with E-state index in [0.717, 1.165) is 44.8 Å². The first kappa shape index (κ1) is 21.6. The molecular formula is C32H24N4. The van der Waals surface area contributed by atoms with Crippen molar-refractivity contribution in [3.05, 3.63) is 145 Å². The predicted molar refractivity (Wildman–Crippen MR) is 150 cm³/mol. The van der Waals surface area contributed by atoms with Gasteiger partial charge in [-0.05, 0) is 23.3 Å². The largest absolute Gasteiger partial charge is 0.337 e. The number of nitrogen functional groups attached to an aromatic ring is 1. The number of benzene rings is 4. The second kappa shape index (κ2) is 9.35. The van der Waals surface area contributed by atoms with Crippen molar-refractivity contribution in [3.8, 4) is 22.4 Å². The quantitative estimate of drug-likeness (QED) is 0.276. The van der Waals surface area contributed by atoms with Crippen molar-refractivity contribution in [3.63, 3.8) is 0 Å². The molecule has 1 aromatic heterocycles. The third-order valence-corrected chi connectivity index (χ3v) is 6.28. The van der Waals surface area contributed by atoms with Crippen molar-refractivity contribution < 1.29 is 0 Å². The van der Waals surface area contributed by atoms with Crippen LogP contribution in [0.4, 0.5) is 5.82 Å². The van der Waals surface area contributed by atoms with Gasteiger partial charge in [-0.2, -0.15) is 0 Å². The smallest absolute Gasteiger partial charge is 0.162 e. The molecule has 0 atom stereocenters. The Balaban J connectivity index is 1.56. The molecule has 4 nitrogen and oxygen atoms in total. The molecule has 36 heavy (non-hydrogen) atoms. The van der Waals surface area contributed by atoms with E-state index in [-0.39, 0.29) is 0 Å². The summed E-state index contributed by atoms with van der Waals surface area (Å²) < 4.78 is 1.67. The monoisotopic (exact) mass is 464 g/mol. The number of hydrogen-bond donors (Lipinski definition) is 1. The van der Waals surface area contributed by atoms with E-state index in [2.05, 4.69) is 60.7 Å². The van der Waals surface area contributed by atoms with E-state index >= 15 is 0 Å². The zero-order valence-electron chi connectivity index (χ0n) is 19.6. The molecule has 6 rings (SSSR count). The van der Waals surface area contributed by atoms with Gasteiger partial charge in [-0.25, -0.2) is 14.7 Å². The highest BCUT2D eigenvalue weighted by molar-refractivity contribution is 6.38. The average molecular weight is 465 g/mol. The maximum atomic E-state index is 6.72. The van der Waals surface area contributed by atoms with Crippen LogP contribution in [0.3, 0.4) is 0 Å². The van der Waals surface area contributed by atoms with Crippen molar-refractivity contribution >= 4 is 22.9 Å². The first-order valence-electron chi connectivity index (χ1n) is 11.9. The molecule has 1 aliphatic rings. The Morgan fingerprint density at radius 1 is 0.583 bits per heavy atom. The first-order valence-corrected chi connectivity index (χ1v) is 11.9. The second-order valence-electron chi connectivity index (χ2n) is 8.59. The minimum Gasteiger partial charge on any atom is -0.337 e. The zero-order chi connectivity index (χ0) is 24.3. The molecule has 0 fully saturated rings. The zero-order valence-corrected chi connectivity index (χ0v) is 19.6. The third kappa shape index (κ3) is 4.05. The standard InChI is InChI=1S/C32H24N4/c33-36-30(26-19-11-4-12-20-26)22-28(24-15-7-2-8-16-24)32(36)35-31-27(23-13-5-1-6-14-23)21-29(34-31)25-17-9-3-10-18-25/h1-22H,33H2. The summed E-state index contributed by atoms with van der Waals surface area (Å²) in [5.74, 6) is 8.03. The van der Waals surface area contributed by atoms with Gasteiger partial charge in [0.15, 0.2) is 11.7 Å². The van der Waals surface area contributed by atoms with Gasteiger partial charge in [0.1, 0.15) is 0 Å².